The number of carbonyl (C=O) groups is 1. The molecule has 86 valence electrons. The van der Waals surface area contributed by atoms with Gasteiger partial charge in [-0.3, -0.25) is 4.79 Å². The van der Waals surface area contributed by atoms with Crippen LogP contribution in [0, 0.1) is 11.8 Å². The SMILES string of the molecule is CC1CCN(CCC2CCNCC2)C1=O. The van der Waals surface area contributed by atoms with E-state index >= 15 is 0 Å². The third kappa shape index (κ3) is 2.71. The fourth-order valence-electron chi connectivity index (χ4n) is 2.63. The Morgan fingerprint density at radius 2 is 2.07 bits per heavy atom. The molecule has 1 unspecified atom stereocenters. The minimum atomic E-state index is 0.276. The average Bonchev–Trinajstić information content (AvgIpc) is 2.59. The molecule has 0 aromatic heterocycles. The van der Waals surface area contributed by atoms with Gasteiger partial charge < -0.3 is 10.2 Å². The van der Waals surface area contributed by atoms with Gasteiger partial charge >= 0.3 is 0 Å². The van der Waals surface area contributed by atoms with Crippen LogP contribution in [0.15, 0.2) is 0 Å². The molecule has 0 saturated carbocycles. The summed E-state index contributed by atoms with van der Waals surface area (Å²) < 4.78 is 0. The van der Waals surface area contributed by atoms with Crippen LogP contribution in [0.4, 0.5) is 0 Å². The zero-order chi connectivity index (χ0) is 10.7. The summed E-state index contributed by atoms with van der Waals surface area (Å²) >= 11 is 0. The van der Waals surface area contributed by atoms with E-state index in [1.807, 2.05) is 6.92 Å². The third-order valence-electron chi connectivity index (χ3n) is 3.83. The van der Waals surface area contributed by atoms with E-state index in [0.29, 0.717) is 5.91 Å². The first-order valence-electron chi connectivity index (χ1n) is 6.27. The quantitative estimate of drug-likeness (QED) is 0.760. The molecule has 2 aliphatic heterocycles. The molecule has 1 atom stereocenters. The molecule has 2 heterocycles. The Morgan fingerprint density at radius 1 is 1.33 bits per heavy atom. The maximum absolute atomic E-state index is 11.7. The lowest BCUT2D eigenvalue weighted by Gasteiger charge is -2.25. The summed E-state index contributed by atoms with van der Waals surface area (Å²) in [6, 6.07) is 0. The van der Waals surface area contributed by atoms with E-state index < -0.39 is 0 Å². The highest BCUT2D eigenvalue weighted by Gasteiger charge is 2.27. The molecule has 2 saturated heterocycles. The maximum Gasteiger partial charge on any atom is 0.225 e. The zero-order valence-corrected chi connectivity index (χ0v) is 9.67. The molecule has 2 fully saturated rings. The maximum atomic E-state index is 11.7. The van der Waals surface area contributed by atoms with Crippen molar-refractivity contribution in [2.24, 2.45) is 11.8 Å². The fraction of sp³-hybridized carbons (Fsp3) is 0.917. The lowest BCUT2D eigenvalue weighted by Crippen LogP contribution is -2.32. The Kier molecular flexibility index (Phi) is 3.62. The number of hydrogen-bond acceptors (Lipinski definition) is 2. The Hall–Kier alpha value is -0.570. The first-order valence-corrected chi connectivity index (χ1v) is 6.27. The first kappa shape index (κ1) is 10.9. The van der Waals surface area contributed by atoms with E-state index in [4.69, 9.17) is 0 Å². The molecule has 1 amide bonds. The van der Waals surface area contributed by atoms with Crippen molar-refractivity contribution >= 4 is 5.91 Å². The minimum Gasteiger partial charge on any atom is -0.342 e. The Morgan fingerprint density at radius 3 is 2.67 bits per heavy atom. The van der Waals surface area contributed by atoms with Crippen molar-refractivity contribution in [1.82, 2.24) is 10.2 Å². The monoisotopic (exact) mass is 210 g/mol. The van der Waals surface area contributed by atoms with Crippen molar-refractivity contribution in [2.75, 3.05) is 26.2 Å². The second-order valence-corrected chi connectivity index (χ2v) is 5.00. The number of nitrogens with one attached hydrogen (secondary N) is 1. The van der Waals surface area contributed by atoms with Crippen LogP contribution in [0.3, 0.4) is 0 Å². The van der Waals surface area contributed by atoms with Gasteiger partial charge in [-0.2, -0.15) is 0 Å². The van der Waals surface area contributed by atoms with E-state index in [1.54, 1.807) is 0 Å². The molecule has 2 aliphatic rings. The summed E-state index contributed by atoms with van der Waals surface area (Å²) in [5.74, 6) is 1.50. The normalized spacial score (nSPS) is 28.7. The first-order chi connectivity index (χ1) is 7.27. The molecule has 0 radical (unpaired) electrons. The standard InChI is InChI=1S/C12H22N2O/c1-10-4-8-14(12(10)15)9-5-11-2-6-13-7-3-11/h10-11,13H,2-9H2,1H3. The van der Waals surface area contributed by atoms with E-state index in [-0.39, 0.29) is 5.92 Å². The average molecular weight is 210 g/mol. The predicted octanol–water partition coefficient (Wildman–Crippen LogP) is 1.24. The molecule has 0 bridgehead atoms. The highest BCUT2D eigenvalue weighted by atomic mass is 16.2. The molecule has 0 aromatic rings. The van der Waals surface area contributed by atoms with Crippen LogP contribution >= 0.6 is 0 Å². The number of rotatable bonds is 3. The molecule has 3 nitrogen and oxygen atoms in total. The van der Waals surface area contributed by atoms with Gasteiger partial charge in [-0.1, -0.05) is 6.92 Å². The summed E-state index contributed by atoms with van der Waals surface area (Å²) in [5.41, 5.74) is 0. The third-order valence-corrected chi connectivity index (χ3v) is 3.83. The van der Waals surface area contributed by atoms with Crippen molar-refractivity contribution < 1.29 is 4.79 Å². The molecule has 15 heavy (non-hydrogen) atoms. The molecular formula is C12H22N2O. The van der Waals surface area contributed by atoms with Crippen molar-refractivity contribution in [3.8, 4) is 0 Å². The van der Waals surface area contributed by atoms with Gasteiger partial charge in [0.2, 0.25) is 5.91 Å². The van der Waals surface area contributed by atoms with Gasteiger partial charge in [-0.25, -0.2) is 0 Å². The van der Waals surface area contributed by atoms with Crippen molar-refractivity contribution in [2.45, 2.75) is 32.6 Å². The van der Waals surface area contributed by atoms with Gasteiger partial charge in [0.05, 0.1) is 0 Å². The molecule has 3 heteroatoms. The van der Waals surface area contributed by atoms with E-state index in [2.05, 4.69) is 10.2 Å². The fourth-order valence-corrected chi connectivity index (χ4v) is 2.63. The lowest BCUT2D eigenvalue weighted by atomic mass is 9.94. The van der Waals surface area contributed by atoms with Crippen LogP contribution in [-0.4, -0.2) is 37.0 Å². The summed E-state index contributed by atoms with van der Waals surface area (Å²) in [4.78, 5) is 13.8. The van der Waals surface area contributed by atoms with Crippen LogP contribution in [0.5, 0.6) is 0 Å². The predicted molar refractivity (Wildman–Crippen MR) is 60.6 cm³/mol. The highest BCUT2D eigenvalue weighted by Crippen LogP contribution is 2.21. The van der Waals surface area contributed by atoms with Crippen LogP contribution in [-0.2, 0) is 4.79 Å². The van der Waals surface area contributed by atoms with Crippen LogP contribution in [0.1, 0.15) is 32.6 Å². The van der Waals surface area contributed by atoms with E-state index in [1.165, 1.54) is 19.3 Å². The van der Waals surface area contributed by atoms with Crippen molar-refractivity contribution in [1.29, 1.82) is 0 Å². The van der Waals surface area contributed by atoms with Gasteiger partial charge in [0.1, 0.15) is 0 Å². The zero-order valence-electron chi connectivity index (χ0n) is 9.67. The molecule has 0 aliphatic carbocycles. The summed E-state index contributed by atoms with van der Waals surface area (Å²) in [7, 11) is 0. The van der Waals surface area contributed by atoms with E-state index in [9.17, 15) is 4.79 Å². The van der Waals surface area contributed by atoms with Gasteiger partial charge in [0, 0.05) is 19.0 Å². The van der Waals surface area contributed by atoms with Gasteiger partial charge in [0.25, 0.3) is 0 Å². The molecular weight excluding hydrogens is 188 g/mol. The Labute approximate surface area is 92.2 Å². The smallest absolute Gasteiger partial charge is 0.225 e. The van der Waals surface area contributed by atoms with Gasteiger partial charge in [-0.05, 0) is 44.7 Å². The number of carbonyl (C=O) groups excluding carboxylic acids is 1. The summed E-state index contributed by atoms with van der Waals surface area (Å²) in [5, 5.41) is 3.38. The van der Waals surface area contributed by atoms with E-state index in [0.717, 1.165) is 38.5 Å². The molecule has 0 aromatic carbocycles. The molecule has 1 N–H and O–H groups in total. The topological polar surface area (TPSA) is 32.3 Å². The second-order valence-electron chi connectivity index (χ2n) is 5.00. The van der Waals surface area contributed by atoms with Gasteiger partial charge in [0.15, 0.2) is 0 Å². The number of likely N-dealkylation sites (tertiary alicyclic amines) is 1. The number of hydrogen-bond donors (Lipinski definition) is 1. The minimum absolute atomic E-state index is 0.276. The highest BCUT2D eigenvalue weighted by molar-refractivity contribution is 5.80. The van der Waals surface area contributed by atoms with Crippen LogP contribution in [0.25, 0.3) is 0 Å². The second kappa shape index (κ2) is 4.97. The summed E-state index contributed by atoms with van der Waals surface area (Å²) in [6.45, 7) is 6.36. The number of nitrogens with zero attached hydrogens (tertiary/aromatic N) is 1. The number of amides is 1. The largest absolute Gasteiger partial charge is 0.342 e. The van der Waals surface area contributed by atoms with Crippen molar-refractivity contribution in [3.05, 3.63) is 0 Å². The van der Waals surface area contributed by atoms with Crippen LogP contribution in [0.2, 0.25) is 0 Å². The summed E-state index contributed by atoms with van der Waals surface area (Å²) in [6.07, 6.45) is 4.85. The number of piperidine rings is 1. The Bertz CT molecular complexity index is 224. The van der Waals surface area contributed by atoms with Crippen molar-refractivity contribution in [3.63, 3.8) is 0 Å². The Balaban J connectivity index is 1.71. The van der Waals surface area contributed by atoms with Gasteiger partial charge in [-0.15, -0.1) is 0 Å². The lowest BCUT2D eigenvalue weighted by molar-refractivity contribution is -0.130. The molecule has 2 rings (SSSR count). The molecule has 0 spiro atoms. The van der Waals surface area contributed by atoms with Crippen LogP contribution < -0.4 is 5.32 Å².